The van der Waals surface area contributed by atoms with Crippen molar-refractivity contribution in [3.05, 3.63) is 53.9 Å². The molecule has 0 unspecified atom stereocenters. The standard InChI is InChI=1S/C15H20N2.2C2H6/c1-5-9-12(7-3)14-11-16-17-15(14)13(8-4)10-6-2;2*1-2/h5-11H,1-4H3,(H,16,17);2*1-2H3/b9-5-,10-6-,12-7+,13-8+;;. The van der Waals surface area contributed by atoms with Gasteiger partial charge in [-0.15, -0.1) is 0 Å². The smallest absolute Gasteiger partial charge is 0.0725 e. The molecule has 0 aliphatic rings. The van der Waals surface area contributed by atoms with Gasteiger partial charge >= 0.3 is 0 Å². The van der Waals surface area contributed by atoms with Crippen molar-refractivity contribution >= 4 is 11.1 Å². The first kappa shape index (κ1) is 21.5. The molecule has 2 heteroatoms. The van der Waals surface area contributed by atoms with Crippen molar-refractivity contribution in [1.29, 1.82) is 0 Å². The lowest BCUT2D eigenvalue weighted by Gasteiger charge is -2.04. The molecule has 1 heterocycles. The van der Waals surface area contributed by atoms with Crippen molar-refractivity contribution in [3.63, 3.8) is 0 Å². The van der Waals surface area contributed by atoms with Gasteiger partial charge in [-0.1, -0.05) is 64.2 Å². The molecule has 0 aliphatic carbocycles. The molecular weight excluding hydrogens is 256 g/mol. The maximum absolute atomic E-state index is 4.15. The van der Waals surface area contributed by atoms with E-state index in [-0.39, 0.29) is 0 Å². The molecule has 0 saturated heterocycles. The third kappa shape index (κ3) is 6.94. The molecule has 1 rings (SSSR count). The molecule has 0 aliphatic heterocycles. The number of nitrogens with zero attached hydrogens (tertiary/aromatic N) is 1. The van der Waals surface area contributed by atoms with Crippen LogP contribution in [0.15, 0.2) is 42.7 Å². The minimum absolute atomic E-state index is 1.07. The first-order chi connectivity index (χ1) is 10.3. The molecule has 1 aromatic heterocycles. The zero-order chi connectivity index (χ0) is 16.7. The molecule has 0 radical (unpaired) electrons. The van der Waals surface area contributed by atoms with Gasteiger partial charge in [-0.2, -0.15) is 5.10 Å². The van der Waals surface area contributed by atoms with Gasteiger partial charge in [0.05, 0.1) is 11.9 Å². The summed E-state index contributed by atoms with van der Waals surface area (Å²) >= 11 is 0. The summed E-state index contributed by atoms with van der Waals surface area (Å²) in [5, 5.41) is 7.22. The van der Waals surface area contributed by atoms with Crippen LogP contribution in [-0.4, -0.2) is 10.2 Å². The summed E-state index contributed by atoms with van der Waals surface area (Å²) in [4.78, 5) is 0. The second-order valence-electron chi connectivity index (χ2n) is 3.65. The van der Waals surface area contributed by atoms with Crippen LogP contribution in [0.5, 0.6) is 0 Å². The minimum atomic E-state index is 1.07. The highest BCUT2D eigenvalue weighted by Gasteiger charge is 2.09. The Kier molecular flexibility index (Phi) is 14.9. The molecule has 0 fully saturated rings. The van der Waals surface area contributed by atoms with Crippen molar-refractivity contribution in [2.45, 2.75) is 55.4 Å². The zero-order valence-corrected chi connectivity index (χ0v) is 15.0. The normalized spacial score (nSPS) is 12.0. The van der Waals surface area contributed by atoms with Crippen molar-refractivity contribution < 1.29 is 0 Å². The molecule has 1 aromatic rings. The number of aromatic amines is 1. The SMILES string of the molecule is C/C=C\C(=C/C)c1cn[nH]c1C(/C=C\C)=C/C.CC.CC. The molecule has 0 aromatic carbocycles. The van der Waals surface area contributed by atoms with Crippen LogP contribution in [0.1, 0.15) is 66.6 Å². The Bertz CT molecular complexity index is 429. The first-order valence-electron chi connectivity index (χ1n) is 7.90. The molecule has 0 atom stereocenters. The summed E-state index contributed by atoms with van der Waals surface area (Å²) in [7, 11) is 0. The van der Waals surface area contributed by atoms with Gasteiger partial charge in [0.1, 0.15) is 0 Å². The van der Waals surface area contributed by atoms with E-state index < -0.39 is 0 Å². The average molecular weight is 288 g/mol. The van der Waals surface area contributed by atoms with Gasteiger partial charge in [-0.3, -0.25) is 5.10 Å². The molecular formula is C19H32N2. The summed E-state index contributed by atoms with van der Waals surface area (Å²) in [6.45, 7) is 16.1. The topological polar surface area (TPSA) is 28.7 Å². The lowest BCUT2D eigenvalue weighted by Crippen LogP contribution is -1.88. The Labute approximate surface area is 131 Å². The highest BCUT2D eigenvalue weighted by Crippen LogP contribution is 2.25. The summed E-state index contributed by atoms with van der Waals surface area (Å²) in [6, 6.07) is 0. The van der Waals surface area contributed by atoms with Crippen molar-refractivity contribution in [2.24, 2.45) is 0 Å². The third-order valence-corrected chi connectivity index (χ3v) is 2.55. The average Bonchev–Trinajstić information content (AvgIpc) is 3.03. The van der Waals surface area contributed by atoms with Crippen LogP contribution in [0.25, 0.3) is 11.1 Å². The number of allylic oxidation sites excluding steroid dienone is 8. The van der Waals surface area contributed by atoms with Crippen molar-refractivity contribution in [2.75, 3.05) is 0 Å². The van der Waals surface area contributed by atoms with Crippen molar-refractivity contribution in [3.8, 4) is 0 Å². The van der Waals surface area contributed by atoms with Crippen LogP contribution < -0.4 is 0 Å². The van der Waals surface area contributed by atoms with E-state index >= 15 is 0 Å². The summed E-state index contributed by atoms with van der Waals surface area (Å²) in [5.41, 5.74) is 4.54. The summed E-state index contributed by atoms with van der Waals surface area (Å²) < 4.78 is 0. The second-order valence-corrected chi connectivity index (χ2v) is 3.65. The Morgan fingerprint density at radius 3 is 1.76 bits per heavy atom. The molecule has 0 bridgehead atoms. The van der Waals surface area contributed by atoms with E-state index in [1.54, 1.807) is 0 Å². The predicted octanol–water partition coefficient (Wildman–Crippen LogP) is 6.42. The molecule has 2 nitrogen and oxygen atoms in total. The van der Waals surface area contributed by atoms with E-state index in [9.17, 15) is 0 Å². The van der Waals surface area contributed by atoms with Gasteiger partial charge in [-0.05, 0) is 38.8 Å². The van der Waals surface area contributed by atoms with E-state index in [0.717, 1.165) is 16.8 Å². The Morgan fingerprint density at radius 1 is 0.857 bits per heavy atom. The molecule has 0 amide bonds. The van der Waals surface area contributed by atoms with Gasteiger partial charge in [0.25, 0.3) is 0 Å². The van der Waals surface area contributed by atoms with E-state index in [2.05, 4.69) is 34.5 Å². The molecule has 0 spiro atoms. The zero-order valence-electron chi connectivity index (χ0n) is 15.0. The van der Waals surface area contributed by atoms with E-state index in [4.69, 9.17) is 0 Å². The Balaban J connectivity index is 0. The van der Waals surface area contributed by atoms with Gasteiger partial charge in [0.15, 0.2) is 0 Å². The van der Waals surface area contributed by atoms with Gasteiger partial charge in [0.2, 0.25) is 0 Å². The van der Waals surface area contributed by atoms with Crippen LogP contribution in [0, 0.1) is 0 Å². The predicted molar refractivity (Wildman–Crippen MR) is 98.2 cm³/mol. The lowest BCUT2D eigenvalue weighted by molar-refractivity contribution is 1.07. The first-order valence-corrected chi connectivity index (χ1v) is 7.90. The Hall–Kier alpha value is -1.83. The monoisotopic (exact) mass is 288 g/mol. The number of hydrogen-bond acceptors (Lipinski definition) is 1. The van der Waals surface area contributed by atoms with Gasteiger partial charge < -0.3 is 0 Å². The Morgan fingerprint density at radius 2 is 1.33 bits per heavy atom. The van der Waals surface area contributed by atoms with Crippen LogP contribution >= 0.6 is 0 Å². The highest BCUT2D eigenvalue weighted by atomic mass is 15.1. The number of rotatable bonds is 4. The molecule has 118 valence electrons. The number of nitrogens with one attached hydrogen (secondary N) is 1. The number of H-pyrrole nitrogens is 1. The minimum Gasteiger partial charge on any atom is -0.277 e. The number of aromatic nitrogens is 2. The maximum atomic E-state index is 4.15. The van der Waals surface area contributed by atoms with Crippen LogP contribution in [0.4, 0.5) is 0 Å². The molecule has 1 N–H and O–H groups in total. The van der Waals surface area contributed by atoms with Crippen LogP contribution in [0.2, 0.25) is 0 Å². The molecule has 0 saturated carbocycles. The van der Waals surface area contributed by atoms with Gasteiger partial charge in [0, 0.05) is 5.56 Å². The second kappa shape index (κ2) is 14.6. The number of hydrogen-bond donors (Lipinski definition) is 1. The largest absolute Gasteiger partial charge is 0.277 e. The van der Waals surface area contributed by atoms with E-state index in [1.165, 1.54) is 5.57 Å². The van der Waals surface area contributed by atoms with Crippen LogP contribution in [-0.2, 0) is 0 Å². The summed E-state index contributed by atoms with van der Waals surface area (Å²) in [5.74, 6) is 0. The fourth-order valence-electron chi connectivity index (χ4n) is 1.75. The fraction of sp³-hybridized carbons (Fsp3) is 0.421. The lowest BCUT2D eigenvalue weighted by atomic mass is 10.0. The third-order valence-electron chi connectivity index (χ3n) is 2.55. The molecule has 21 heavy (non-hydrogen) atoms. The van der Waals surface area contributed by atoms with Crippen LogP contribution in [0.3, 0.4) is 0 Å². The van der Waals surface area contributed by atoms with E-state index in [0.29, 0.717) is 0 Å². The van der Waals surface area contributed by atoms with Gasteiger partial charge in [-0.25, -0.2) is 0 Å². The fourth-order valence-corrected chi connectivity index (χ4v) is 1.75. The highest BCUT2D eigenvalue weighted by molar-refractivity contribution is 5.84. The quantitative estimate of drug-likeness (QED) is 0.636. The summed E-state index contributed by atoms with van der Waals surface area (Å²) in [6.07, 6.45) is 14.3. The maximum Gasteiger partial charge on any atom is 0.0725 e. The van der Waals surface area contributed by atoms with E-state index in [1.807, 2.05) is 73.7 Å². The van der Waals surface area contributed by atoms with Crippen molar-refractivity contribution in [1.82, 2.24) is 10.2 Å².